The Morgan fingerprint density at radius 3 is 2.38 bits per heavy atom. The maximum absolute atomic E-state index is 5.93. The van der Waals surface area contributed by atoms with Gasteiger partial charge in [-0.05, 0) is 24.3 Å². The van der Waals surface area contributed by atoms with Crippen molar-refractivity contribution in [3.05, 3.63) is 54.6 Å². The standard InChI is InChI=1S/C12H11N4O2P3/c13-11-8-4-5-9-12(11)18-21(15-19-14-20-16-21)17-10-6-2-1-3-7-10/h1-9H,13H2. The predicted octanol–water partition coefficient (Wildman–Crippen LogP) is 5.78. The third kappa shape index (κ3) is 3.48. The van der Waals surface area contributed by atoms with Gasteiger partial charge in [0, 0.05) is 0 Å². The lowest BCUT2D eigenvalue weighted by atomic mass is 10.3. The molecular formula is C12H11N4O2P3. The molecule has 9 heteroatoms. The second-order valence-corrected chi connectivity index (χ2v) is 7.82. The number of nitrogens with two attached hydrogens (primary N) is 1. The molecule has 2 aromatic carbocycles. The van der Waals surface area contributed by atoms with E-state index in [0.717, 1.165) is 0 Å². The summed E-state index contributed by atoms with van der Waals surface area (Å²) >= 11 is 0. The van der Waals surface area contributed by atoms with Gasteiger partial charge in [-0.25, -0.2) is 0 Å². The van der Waals surface area contributed by atoms with Gasteiger partial charge >= 0.3 is 7.66 Å². The molecule has 0 saturated carbocycles. The Labute approximate surface area is 125 Å². The van der Waals surface area contributed by atoms with E-state index in [4.69, 9.17) is 14.8 Å². The average molecular weight is 336 g/mol. The molecule has 0 radical (unpaired) electrons. The highest BCUT2D eigenvalue weighted by molar-refractivity contribution is 7.65. The zero-order valence-electron chi connectivity index (χ0n) is 10.8. The lowest BCUT2D eigenvalue weighted by Gasteiger charge is -2.20. The quantitative estimate of drug-likeness (QED) is 0.568. The van der Waals surface area contributed by atoms with Crippen molar-refractivity contribution in [1.29, 1.82) is 0 Å². The average Bonchev–Trinajstić information content (AvgIpc) is 2.51. The second kappa shape index (κ2) is 6.36. The minimum Gasteiger partial charge on any atom is -0.413 e. The summed E-state index contributed by atoms with van der Waals surface area (Å²) in [4.78, 5) is 0. The van der Waals surface area contributed by atoms with Gasteiger partial charge in [0.1, 0.15) is 5.75 Å². The molecule has 1 atom stereocenters. The van der Waals surface area contributed by atoms with Gasteiger partial charge in [-0.15, -0.1) is 9.03 Å². The molecule has 0 fully saturated rings. The van der Waals surface area contributed by atoms with Crippen LogP contribution in [0.2, 0.25) is 0 Å². The third-order valence-corrected chi connectivity index (χ3v) is 6.46. The molecule has 2 N–H and O–H groups in total. The summed E-state index contributed by atoms with van der Waals surface area (Å²) in [7, 11) is -1.71. The predicted molar refractivity (Wildman–Crippen MR) is 86.6 cm³/mol. The van der Waals surface area contributed by atoms with Crippen LogP contribution in [0.3, 0.4) is 0 Å². The van der Waals surface area contributed by atoms with E-state index >= 15 is 0 Å². The van der Waals surface area contributed by atoms with Crippen LogP contribution in [0, 0.1) is 0 Å². The topological polar surface area (TPSA) is 81.6 Å². The van der Waals surface area contributed by atoms with E-state index in [1.807, 2.05) is 42.5 Å². The maximum Gasteiger partial charge on any atom is 0.459 e. The van der Waals surface area contributed by atoms with E-state index in [1.165, 1.54) is 0 Å². The van der Waals surface area contributed by atoms with E-state index in [9.17, 15) is 0 Å². The van der Waals surface area contributed by atoms with Crippen LogP contribution in [0.5, 0.6) is 11.5 Å². The minimum absolute atomic E-state index is 0.515. The van der Waals surface area contributed by atoms with E-state index < -0.39 is 7.66 Å². The van der Waals surface area contributed by atoms with Crippen LogP contribution < -0.4 is 14.8 Å². The van der Waals surface area contributed by atoms with Crippen LogP contribution >= 0.6 is 24.7 Å². The van der Waals surface area contributed by atoms with Gasteiger partial charge in [0.2, 0.25) is 0 Å². The Bertz CT molecular complexity index is 749. The molecule has 1 aliphatic heterocycles. The molecule has 106 valence electrons. The Kier molecular flexibility index (Phi) is 4.31. The second-order valence-electron chi connectivity index (χ2n) is 3.97. The molecule has 21 heavy (non-hydrogen) atoms. The molecular weight excluding hydrogens is 325 g/mol. The van der Waals surface area contributed by atoms with Gasteiger partial charge in [-0.1, -0.05) is 30.3 Å². The smallest absolute Gasteiger partial charge is 0.413 e. The molecule has 0 saturated heterocycles. The molecule has 3 rings (SSSR count). The molecule has 0 amide bonds. The first kappa shape index (κ1) is 14.2. The molecule has 1 heterocycles. The lowest BCUT2D eigenvalue weighted by Crippen LogP contribution is -2.00. The number of hydrogen-bond donors (Lipinski definition) is 1. The summed E-state index contributed by atoms with van der Waals surface area (Å²) < 4.78 is 24.6. The Hall–Kier alpha value is -1.73. The van der Waals surface area contributed by atoms with Gasteiger partial charge in [-0.2, -0.15) is 4.52 Å². The van der Waals surface area contributed by atoms with Gasteiger partial charge in [-0.3, -0.25) is 0 Å². The first-order valence-electron chi connectivity index (χ1n) is 6.00. The summed E-state index contributed by atoms with van der Waals surface area (Å²) in [5, 5.41) is 0. The number of hydrogen-bond acceptors (Lipinski definition) is 6. The maximum atomic E-state index is 5.93. The van der Waals surface area contributed by atoms with Crippen LogP contribution in [-0.4, -0.2) is 0 Å². The molecule has 0 spiro atoms. The largest absolute Gasteiger partial charge is 0.459 e. The number of benzene rings is 2. The van der Waals surface area contributed by atoms with Gasteiger partial charge in [0.15, 0.2) is 22.8 Å². The Morgan fingerprint density at radius 2 is 1.67 bits per heavy atom. The fraction of sp³-hybridized carbons (Fsp3) is 0. The van der Waals surface area contributed by atoms with Crippen molar-refractivity contribution < 1.29 is 9.05 Å². The van der Waals surface area contributed by atoms with Crippen molar-refractivity contribution >= 4 is 30.4 Å². The first-order chi connectivity index (χ1) is 10.3. The van der Waals surface area contributed by atoms with Crippen molar-refractivity contribution in [3.63, 3.8) is 0 Å². The number of rotatable bonds is 4. The normalized spacial score (nSPS) is 21.3. The van der Waals surface area contributed by atoms with E-state index in [-0.39, 0.29) is 0 Å². The first-order valence-corrected chi connectivity index (χ1v) is 9.13. The molecule has 1 aliphatic rings. The minimum atomic E-state index is -2.81. The number of nitrogens with zero attached hydrogens (tertiary/aromatic N) is 3. The molecule has 0 aromatic heterocycles. The zero-order chi connectivity index (χ0) is 14.5. The van der Waals surface area contributed by atoms with E-state index in [2.05, 4.69) is 13.5 Å². The fourth-order valence-corrected chi connectivity index (χ4v) is 5.36. The van der Waals surface area contributed by atoms with Gasteiger partial charge < -0.3 is 14.8 Å². The summed E-state index contributed by atoms with van der Waals surface area (Å²) in [5.41, 5.74) is 6.44. The molecule has 0 aliphatic carbocycles. The lowest BCUT2D eigenvalue weighted by molar-refractivity contribution is 0.480. The van der Waals surface area contributed by atoms with Crippen molar-refractivity contribution in [2.24, 2.45) is 13.5 Å². The number of para-hydroxylation sites is 3. The summed E-state index contributed by atoms with van der Waals surface area (Å²) in [6.45, 7) is 0. The highest BCUT2D eigenvalue weighted by atomic mass is 31.2. The van der Waals surface area contributed by atoms with Crippen LogP contribution in [0.1, 0.15) is 0 Å². The van der Waals surface area contributed by atoms with Gasteiger partial charge in [0.25, 0.3) is 0 Å². The van der Waals surface area contributed by atoms with Crippen LogP contribution in [0.15, 0.2) is 68.1 Å². The number of nitrogen functional groups attached to an aromatic ring is 1. The van der Waals surface area contributed by atoms with Crippen molar-refractivity contribution in [3.8, 4) is 11.5 Å². The van der Waals surface area contributed by atoms with Crippen molar-refractivity contribution in [2.45, 2.75) is 0 Å². The molecule has 0 bridgehead atoms. The molecule has 6 nitrogen and oxygen atoms in total. The summed E-state index contributed by atoms with van der Waals surface area (Å²) in [5.74, 6) is 1.17. The fourth-order valence-electron chi connectivity index (χ4n) is 1.57. The van der Waals surface area contributed by atoms with Crippen LogP contribution in [0.4, 0.5) is 5.69 Å². The van der Waals surface area contributed by atoms with Gasteiger partial charge in [0.05, 0.1) is 5.69 Å². The van der Waals surface area contributed by atoms with Crippen molar-refractivity contribution in [2.75, 3.05) is 5.73 Å². The van der Waals surface area contributed by atoms with Crippen molar-refractivity contribution in [1.82, 2.24) is 0 Å². The summed E-state index contributed by atoms with van der Waals surface area (Å²) in [6.07, 6.45) is 0. The zero-order valence-corrected chi connectivity index (χ0v) is 13.5. The highest BCUT2D eigenvalue weighted by Crippen LogP contribution is 2.60. The highest BCUT2D eigenvalue weighted by Gasteiger charge is 2.27. The third-order valence-electron chi connectivity index (χ3n) is 2.49. The van der Waals surface area contributed by atoms with E-state index in [0.29, 0.717) is 34.2 Å². The SMILES string of the molecule is Nc1ccccc1OP1(Oc2ccccc2)=NP=NP=N1. The molecule has 2 aromatic rings. The van der Waals surface area contributed by atoms with Crippen LogP contribution in [-0.2, 0) is 0 Å². The Balaban J connectivity index is 1.96. The summed E-state index contributed by atoms with van der Waals surface area (Å²) in [6, 6.07) is 16.6. The monoisotopic (exact) mass is 336 g/mol. The Morgan fingerprint density at radius 1 is 0.905 bits per heavy atom. The van der Waals surface area contributed by atoms with E-state index in [1.54, 1.807) is 12.1 Å². The molecule has 1 unspecified atom stereocenters. The van der Waals surface area contributed by atoms with Crippen LogP contribution in [0.25, 0.3) is 0 Å². The number of anilines is 1.